The lowest BCUT2D eigenvalue weighted by Crippen LogP contribution is -2.22. The van der Waals surface area contributed by atoms with E-state index in [0.29, 0.717) is 11.7 Å². The van der Waals surface area contributed by atoms with Gasteiger partial charge in [-0.2, -0.15) is 0 Å². The first-order valence-electron chi connectivity index (χ1n) is 8.08. The molecule has 4 rings (SSSR count). The van der Waals surface area contributed by atoms with Gasteiger partial charge in [-0.05, 0) is 59.7 Å². The van der Waals surface area contributed by atoms with Gasteiger partial charge in [0.05, 0.1) is 0 Å². The zero-order chi connectivity index (χ0) is 14.9. The molecule has 1 heterocycles. The van der Waals surface area contributed by atoms with Gasteiger partial charge < -0.3 is 5.11 Å². The molecule has 1 N–H and O–H groups in total. The van der Waals surface area contributed by atoms with Crippen LogP contribution in [0.25, 0.3) is 5.57 Å². The molecule has 1 unspecified atom stereocenters. The summed E-state index contributed by atoms with van der Waals surface area (Å²) >= 11 is 0. The van der Waals surface area contributed by atoms with Gasteiger partial charge in [0.2, 0.25) is 0 Å². The quantitative estimate of drug-likeness (QED) is 0.929. The number of likely N-dealkylation sites (tertiary alicyclic amines) is 1. The van der Waals surface area contributed by atoms with Crippen LogP contribution in [0.1, 0.15) is 29.0 Å². The van der Waals surface area contributed by atoms with Gasteiger partial charge in [0.1, 0.15) is 5.75 Å². The number of benzene rings is 2. The van der Waals surface area contributed by atoms with Gasteiger partial charge in [-0.25, -0.2) is 0 Å². The monoisotopic (exact) mass is 291 g/mol. The number of fused-ring (bicyclic) bond motifs is 1. The van der Waals surface area contributed by atoms with Crippen molar-refractivity contribution < 1.29 is 5.11 Å². The summed E-state index contributed by atoms with van der Waals surface area (Å²) in [5.41, 5.74) is 5.64. The smallest absolute Gasteiger partial charge is 0.115 e. The van der Waals surface area contributed by atoms with E-state index in [2.05, 4.69) is 41.3 Å². The fourth-order valence-corrected chi connectivity index (χ4v) is 3.77. The third-order valence-corrected chi connectivity index (χ3v) is 4.94. The van der Waals surface area contributed by atoms with Crippen LogP contribution in [-0.2, 0) is 6.42 Å². The van der Waals surface area contributed by atoms with Gasteiger partial charge in [-0.1, -0.05) is 42.5 Å². The predicted octanol–water partition coefficient (Wildman–Crippen LogP) is 3.82. The van der Waals surface area contributed by atoms with Crippen molar-refractivity contribution in [3.8, 4) is 5.75 Å². The Morgan fingerprint density at radius 3 is 2.91 bits per heavy atom. The molecule has 112 valence electrons. The van der Waals surface area contributed by atoms with E-state index in [1.54, 1.807) is 6.07 Å². The van der Waals surface area contributed by atoms with E-state index >= 15 is 0 Å². The highest BCUT2D eigenvalue weighted by Crippen LogP contribution is 2.32. The fourth-order valence-electron chi connectivity index (χ4n) is 3.77. The number of phenolic OH excluding ortho intramolecular Hbond substituents is 1. The number of allylic oxidation sites excluding steroid dienone is 1. The van der Waals surface area contributed by atoms with Gasteiger partial charge in [0.15, 0.2) is 0 Å². The summed E-state index contributed by atoms with van der Waals surface area (Å²) in [7, 11) is 0. The minimum Gasteiger partial charge on any atom is -0.508 e. The second-order valence-electron chi connectivity index (χ2n) is 6.41. The van der Waals surface area contributed by atoms with Gasteiger partial charge in [-0.3, -0.25) is 4.90 Å². The van der Waals surface area contributed by atoms with Crippen LogP contribution < -0.4 is 0 Å². The Balaban J connectivity index is 1.44. The van der Waals surface area contributed by atoms with Crippen molar-refractivity contribution in [2.75, 3.05) is 19.6 Å². The molecule has 0 spiro atoms. The van der Waals surface area contributed by atoms with Gasteiger partial charge in [-0.15, -0.1) is 0 Å². The minimum absolute atomic E-state index is 0.378. The molecule has 0 radical (unpaired) electrons. The SMILES string of the molecule is Oc1cccc(C2CCN(CC3=CCc4ccccc43)C2)c1. The van der Waals surface area contributed by atoms with Crippen LogP contribution in [0.4, 0.5) is 0 Å². The van der Waals surface area contributed by atoms with E-state index in [1.807, 2.05) is 12.1 Å². The Hall–Kier alpha value is -2.06. The number of hydrogen-bond donors (Lipinski definition) is 1. The lowest BCUT2D eigenvalue weighted by atomic mass is 9.98. The molecule has 2 heteroatoms. The molecule has 0 amide bonds. The summed E-state index contributed by atoms with van der Waals surface area (Å²) in [5, 5.41) is 9.66. The maximum absolute atomic E-state index is 9.66. The van der Waals surface area contributed by atoms with Gasteiger partial charge in [0, 0.05) is 13.1 Å². The Morgan fingerprint density at radius 2 is 2.00 bits per heavy atom. The fraction of sp³-hybridized carbons (Fsp3) is 0.300. The van der Waals surface area contributed by atoms with Crippen LogP contribution in [0, 0.1) is 0 Å². The van der Waals surface area contributed by atoms with Gasteiger partial charge in [0.25, 0.3) is 0 Å². The molecule has 0 bridgehead atoms. The molecule has 2 aliphatic rings. The molecule has 1 fully saturated rings. The average Bonchev–Trinajstić information content (AvgIpc) is 3.16. The van der Waals surface area contributed by atoms with Crippen LogP contribution in [0.5, 0.6) is 5.75 Å². The summed E-state index contributed by atoms with van der Waals surface area (Å²) in [6, 6.07) is 16.5. The summed E-state index contributed by atoms with van der Waals surface area (Å²) in [6.45, 7) is 3.27. The van der Waals surface area contributed by atoms with Crippen molar-refractivity contribution in [1.29, 1.82) is 0 Å². The van der Waals surface area contributed by atoms with Crippen LogP contribution in [0.2, 0.25) is 0 Å². The first kappa shape index (κ1) is 13.6. The molecular formula is C20H21NO. The number of phenols is 1. The second kappa shape index (κ2) is 5.62. The Bertz CT molecular complexity index is 719. The van der Waals surface area contributed by atoms with Crippen LogP contribution in [0.15, 0.2) is 54.6 Å². The molecule has 1 atom stereocenters. The molecule has 2 aromatic carbocycles. The van der Waals surface area contributed by atoms with Crippen molar-refractivity contribution in [2.24, 2.45) is 0 Å². The molecule has 2 nitrogen and oxygen atoms in total. The molecule has 2 aromatic rings. The maximum Gasteiger partial charge on any atom is 0.115 e. The molecule has 1 aliphatic carbocycles. The second-order valence-corrected chi connectivity index (χ2v) is 6.41. The summed E-state index contributed by atoms with van der Waals surface area (Å²) in [4.78, 5) is 2.54. The highest BCUT2D eigenvalue weighted by Gasteiger charge is 2.25. The van der Waals surface area contributed by atoms with Crippen LogP contribution in [0.3, 0.4) is 0 Å². The maximum atomic E-state index is 9.66. The van der Waals surface area contributed by atoms with E-state index in [1.165, 1.54) is 28.7 Å². The molecule has 1 aliphatic heterocycles. The topological polar surface area (TPSA) is 23.5 Å². The normalized spacial score (nSPS) is 20.9. The molecule has 1 saturated heterocycles. The van der Waals surface area contributed by atoms with Crippen LogP contribution >= 0.6 is 0 Å². The zero-order valence-corrected chi connectivity index (χ0v) is 12.7. The largest absolute Gasteiger partial charge is 0.508 e. The highest BCUT2D eigenvalue weighted by molar-refractivity contribution is 5.74. The standard InChI is InChI=1S/C20H21NO/c22-19-6-3-5-16(12-19)17-10-11-21(13-17)14-18-9-8-15-4-1-2-7-20(15)18/h1-7,9,12,17,22H,8,10-11,13-14H2. The minimum atomic E-state index is 0.378. The lowest BCUT2D eigenvalue weighted by Gasteiger charge is -2.18. The van der Waals surface area contributed by atoms with E-state index in [0.717, 1.165) is 26.1 Å². The lowest BCUT2D eigenvalue weighted by molar-refractivity contribution is 0.377. The number of aromatic hydroxyl groups is 1. The van der Waals surface area contributed by atoms with E-state index in [9.17, 15) is 5.11 Å². The average molecular weight is 291 g/mol. The molecule has 0 aromatic heterocycles. The molecule has 0 saturated carbocycles. The first-order valence-corrected chi connectivity index (χ1v) is 8.08. The van der Waals surface area contributed by atoms with E-state index < -0.39 is 0 Å². The van der Waals surface area contributed by atoms with Crippen molar-refractivity contribution in [2.45, 2.75) is 18.8 Å². The van der Waals surface area contributed by atoms with Crippen molar-refractivity contribution in [1.82, 2.24) is 4.90 Å². The third kappa shape index (κ3) is 2.55. The number of nitrogens with zero attached hydrogens (tertiary/aromatic N) is 1. The highest BCUT2D eigenvalue weighted by atomic mass is 16.3. The van der Waals surface area contributed by atoms with Crippen molar-refractivity contribution in [3.05, 3.63) is 71.3 Å². The Morgan fingerprint density at radius 1 is 1.09 bits per heavy atom. The zero-order valence-electron chi connectivity index (χ0n) is 12.7. The third-order valence-electron chi connectivity index (χ3n) is 4.94. The van der Waals surface area contributed by atoms with Crippen molar-refractivity contribution >= 4 is 5.57 Å². The van der Waals surface area contributed by atoms with Crippen LogP contribution in [-0.4, -0.2) is 29.6 Å². The molecule has 22 heavy (non-hydrogen) atoms. The van der Waals surface area contributed by atoms with E-state index in [-0.39, 0.29) is 0 Å². The summed E-state index contributed by atoms with van der Waals surface area (Å²) < 4.78 is 0. The Labute approximate surface area is 131 Å². The Kier molecular flexibility index (Phi) is 3.47. The van der Waals surface area contributed by atoms with Crippen molar-refractivity contribution in [3.63, 3.8) is 0 Å². The van der Waals surface area contributed by atoms with E-state index in [4.69, 9.17) is 0 Å². The summed E-state index contributed by atoms with van der Waals surface area (Å²) in [5.74, 6) is 0.924. The molecular weight excluding hydrogens is 270 g/mol. The summed E-state index contributed by atoms with van der Waals surface area (Å²) in [6.07, 6.45) is 4.64. The first-order chi connectivity index (χ1) is 10.8. The number of rotatable bonds is 3. The predicted molar refractivity (Wildman–Crippen MR) is 90.0 cm³/mol. The van der Waals surface area contributed by atoms with Gasteiger partial charge >= 0.3 is 0 Å². The number of hydrogen-bond acceptors (Lipinski definition) is 2.